The van der Waals surface area contributed by atoms with Crippen molar-refractivity contribution in [3.63, 3.8) is 0 Å². The van der Waals surface area contributed by atoms with Crippen molar-refractivity contribution in [2.75, 3.05) is 20.2 Å². The van der Waals surface area contributed by atoms with Crippen LogP contribution in [-0.2, 0) is 16.1 Å². The number of rotatable bonds is 6. The number of aromatic nitrogens is 1. The van der Waals surface area contributed by atoms with E-state index in [4.69, 9.17) is 4.74 Å². The maximum atomic E-state index is 14.2. The molecule has 1 aliphatic heterocycles. The summed E-state index contributed by atoms with van der Waals surface area (Å²) >= 11 is 0. The molecule has 0 saturated heterocycles. The van der Waals surface area contributed by atoms with Gasteiger partial charge in [-0.25, -0.2) is 0 Å². The molecule has 2 amide bonds. The molecule has 0 radical (unpaired) electrons. The number of nitrogens with zero attached hydrogens (tertiary/aromatic N) is 3. The van der Waals surface area contributed by atoms with Crippen LogP contribution >= 0.6 is 0 Å². The zero-order valence-corrected chi connectivity index (χ0v) is 21.9. The van der Waals surface area contributed by atoms with Crippen LogP contribution in [0.15, 0.2) is 42.6 Å². The van der Waals surface area contributed by atoms with Crippen molar-refractivity contribution in [3.8, 4) is 5.75 Å². The van der Waals surface area contributed by atoms with Crippen molar-refractivity contribution in [3.05, 3.63) is 53.9 Å². The third kappa shape index (κ3) is 3.84. The van der Waals surface area contributed by atoms with E-state index in [1.807, 2.05) is 40.1 Å². The highest BCUT2D eigenvalue weighted by molar-refractivity contribution is 5.89. The lowest BCUT2D eigenvalue weighted by molar-refractivity contribution is -0.162. The summed E-state index contributed by atoms with van der Waals surface area (Å²) in [5.74, 6) is 3.14. The summed E-state index contributed by atoms with van der Waals surface area (Å²) in [5, 5.41) is 0. The van der Waals surface area contributed by atoms with Crippen LogP contribution in [0.4, 0.5) is 0 Å². The van der Waals surface area contributed by atoms with Crippen LogP contribution in [0.5, 0.6) is 5.75 Å². The van der Waals surface area contributed by atoms with Gasteiger partial charge in [-0.2, -0.15) is 0 Å². The molecule has 1 atom stereocenters. The standard InChI is InChI=1S/C30H39N3O3/c1-20(2)33(29(35)30-16-21-13-22(17-30)15-23(14-21)18-30)19-27(34)32-12-11-31-10-6-8-25(31)28(32)24-7-4-5-9-26(24)36-3/h4-10,20-23,28H,11-19H2,1-3H3. The van der Waals surface area contributed by atoms with Crippen LogP contribution < -0.4 is 4.74 Å². The molecule has 2 aromatic rings. The van der Waals surface area contributed by atoms with E-state index in [1.54, 1.807) is 7.11 Å². The minimum absolute atomic E-state index is 0.00665. The SMILES string of the molecule is COc1ccccc1C1c2cccn2CCN1C(=O)CN(C(=O)C12CC3CC(CC(C3)C1)C2)C(C)C. The second-order valence-electron chi connectivity index (χ2n) is 12.1. The van der Waals surface area contributed by atoms with Gasteiger partial charge in [0.1, 0.15) is 18.3 Å². The van der Waals surface area contributed by atoms with Crippen LogP contribution in [-0.4, -0.2) is 52.4 Å². The molecule has 4 saturated carbocycles. The van der Waals surface area contributed by atoms with Crippen molar-refractivity contribution in [1.82, 2.24) is 14.4 Å². The Labute approximate surface area is 214 Å². The fourth-order valence-electron chi connectivity index (χ4n) is 8.27. The molecule has 0 N–H and O–H groups in total. The monoisotopic (exact) mass is 489 g/mol. The molecule has 6 heteroatoms. The zero-order valence-electron chi connectivity index (χ0n) is 21.9. The van der Waals surface area contributed by atoms with Crippen LogP contribution in [0.1, 0.15) is 69.7 Å². The first-order valence-electron chi connectivity index (χ1n) is 13.8. The third-order valence-electron chi connectivity index (χ3n) is 9.47. The van der Waals surface area contributed by atoms with E-state index < -0.39 is 0 Å². The number of fused-ring (bicyclic) bond motifs is 1. The lowest BCUT2D eigenvalue weighted by Gasteiger charge is -2.57. The summed E-state index contributed by atoms with van der Waals surface area (Å²) in [6.45, 7) is 5.63. The van der Waals surface area contributed by atoms with Gasteiger partial charge in [0.05, 0.1) is 12.5 Å². The Morgan fingerprint density at radius 3 is 2.31 bits per heavy atom. The molecule has 0 spiro atoms. The van der Waals surface area contributed by atoms with E-state index in [2.05, 4.69) is 30.7 Å². The summed E-state index contributed by atoms with van der Waals surface area (Å²) in [6.07, 6.45) is 9.07. The largest absolute Gasteiger partial charge is 0.496 e. The van der Waals surface area contributed by atoms with Gasteiger partial charge >= 0.3 is 0 Å². The summed E-state index contributed by atoms with van der Waals surface area (Å²) in [6, 6.07) is 11.9. The summed E-state index contributed by atoms with van der Waals surface area (Å²) in [5.41, 5.74) is 1.83. The van der Waals surface area contributed by atoms with Crippen molar-refractivity contribution in [2.45, 2.75) is 71.0 Å². The average Bonchev–Trinajstić information content (AvgIpc) is 3.34. The molecule has 6 nitrogen and oxygen atoms in total. The molecule has 36 heavy (non-hydrogen) atoms. The minimum Gasteiger partial charge on any atom is -0.496 e. The number of methoxy groups -OCH3 is 1. The maximum Gasteiger partial charge on any atom is 0.243 e. The zero-order chi connectivity index (χ0) is 25.0. The van der Waals surface area contributed by atoms with Gasteiger partial charge in [-0.05, 0) is 88.3 Å². The number of hydrogen-bond donors (Lipinski definition) is 0. The molecule has 4 aliphatic carbocycles. The third-order valence-corrected chi connectivity index (χ3v) is 9.47. The summed E-state index contributed by atoms with van der Waals surface area (Å²) in [4.78, 5) is 32.1. The smallest absolute Gasteiger partial charge is 0.243 e. The number of carbonyl (C=O) groups is 2. The van der Waals surface area contributed by atoms with E-state index in [-0.39, 0.29) is 35.9 Å². The van der Waals surface area contributed by atoms with Gasteiger partial charge in [-0.3, -0.25) is 9.59 Å². The minimum atomic E-state index is -0.238. The Bertz CT molecular complexity index is 1120. The molecular formula is C30H39N3O3. The quantitative estimate of drug-likeness (QED) is 0.581. The molecule has 4 bridgehead atoms. The number of amides is 2. The second-order valence-corrected chi connectivity index (χ2v) is 12.1. The second kappa shape index (κ2) is 8.97. The van der Waals surface area contributed by atoms with Crippen molar-refractivity contribution in [2.24, 2.45) is 23.2 Å². The number of benzene rings is 1. The van der Waals surface area contributed by atoms with Crippen molar-refractivity contribution < 1.29 is 14.3 Å². The van der Waals surface area contributed by atoms with Gasteiger partial charge in [-0.1, -0.05) is 18.2 Å². The van der Waals surface area contributed by atoms with E-state index in [9.17, 15) is 9.59 Å². The Hall–Kier alpha value is -2.76. The predicted molar refractivity (Wildman–Crippen MR) is 138 cm³/mol. The van der Waals surface area contributed by atoms with Crippen LogP contribution in [0, 0.1) is 23.2 Å². The first kappa shape index (κ1) is 23.6. The Kier molecular flexibility index (Phi) is 5.88. The predicted octanol–water partition coefficient (Wildman–Crippen LogP) is 4.88. The highest BCUT2D eigenvalue weighted by Gasteiger charge is 2.56. The fourth-order valence-corrected chi connectivity index (χ4v) is 8.27. The first-order chi connectivity index (χ1) is 17.4. The molecule has 2 heterocycles. The van der Waals surface area contributed by atoms with Gasteiger partial charge in [0, 0.05) is 36.6 Å². The average molecular weight is 490 g/mol. The first-order valence-corrected chi connectivity index (χ1v) is 13.8. The van der Waals surface area contributed by atoms with Gasteiger partial charge in [0.2, 0.25) is 11.8 Å². The highest BCUT2D eigenvalue weighted by Crippen LogP contribution is 2.60. The van der Waals surface area contributed by atoms with Crippen molar-refractivity contribution in [1.29, 1.82) is 0 Å². The summed E-state index contributed by atoms with van der Waals surface area (Å²) < 4.78 is 7.93. The van der Waals surface area contributed by atoms with Gasteiger partial charge in [0.25, 0.3) is 0 Å². The molecule has 1 unspecified atom stereocenters. The normalized spacial score (nSPS) is 30.4. The molecule has 7 rings (SSSR count). The van der Waals surface area contributed by atoms with E-state index in [0.717, 1.165) is 42.8 Å². The van der Waals surface area contributed by atoms with Crippen LogP contribution in [0.3, 0.4) is 0 Å². The Morgan fingerprint density at radius 1 is 1.00 bits per heavy atom. The Balaban J connectivity index is 1.29. The van der Waals surface area contributed by atoms with Gasteiger partial charge < -0.3 is 19.1 Å². The lowest BCUT2D eigenvalue weighted by Crippen LogP contribution is -2.58. The number of hydrogen-bond acceptors (Lipinski definition) is 3. The summed E-state index contributed by atoms with van der Waals surface area (Å²) in [7, 11) is 1.68. The molecule has 5 aliphatic rings. The van der Waals surface area contributed by atoms with Crippen LogP contribution in [0.25, 0.3) is 0 Å². The van der Waals surface area contributed by atoms with Crippen LogP contribution in [0.2, 0.25) is 0 Å². The Morgan fingerprint density at radius 2 is 1.67 bits per heavy atom. The molecule has 4 fully saturated rings. The van der Waals surface area contributed by atoms with Gasteiger partial charge in [0.15, 0.2) is 0 Å². The van der Waals surface area contributed by atoms with E-state index in [1.165, 1.54) is 19.3 Å². The maximum absolute atomic E-state index is 14.2. The van der Waals surface area contributed by atoms with Gasteiger partial charge in [-0.15, -0.1) is 0 Å². The topological polar surface area (TPSA) is 54.8 Å². The van der Waals surface area contributed by atoms with Crippen molar-refractivity contribution >= 4 is 11.8 Å². The molecule has 192 valence electrons. The fraction of sp³-hybridized carbons (Fsp3) is 0.600. The number of ether oxygens (including phenoxy) is 1. The van der Waals surface area contributed by atoms with E-state index in [0.29, 0.717) is 24.3 Å². The highest BCUT2D eigenvalue weighted by atomic mass is 16.5. The lowest BCUT2D eigenvalue weighted by atomic mass is 9.49. The number of para-hydroxylation sites is 1. The van der Waals surface area contributed by atoms with E-state index >= 15 is 0 Å². The molecule has 1 aromatic heterocycles. The number of carbonyl (C=O) groups excluding carboxylic acids is 2. The molecular weight excluding hydrogens is 450 g/mol. The molecule has 1 aromatic carbocycles.